The SMILES string of the molecule is CN(CCN1CCN(CCN(C)CC(=O)O)CCN(CC(Cc2ccc([N+](=O)[O-])cc2)N(CC(=O)O)CC(=O)O)CC1)CC(=O)O.CN1CCN(CCN(CC(=O)O)CC(=O)O)CCN(CC(=O)O)CCN(CC(Cc2ccc([N+](=O)[O-])cc2)N(CC(=O)O)CC(=O)O)CC1.O=C(O)CN1CCN(CCN(CC(=O)O)CC(=O)O)CCN(CC(Cc2ccc([N+](=O)[O-])cc2)N(CC(=O)O)CC(=O)O)CC1.O=C=O.O=C=O.O=C=O. The van der Waals surface area contributed by atoms with Gasteiger partial charge in [-0.2, -0.15) is 28.8 Å². The van der Waals surface area contributed by atoms with E-state index in [1.807, 2.05) is 26.6 Å². The molecule has 3 saturated heterocycles. The van der Waals surface area contributed by atoms with Crippen LogP contribution in [0.25, 0.3) is 0 Å². The van der Waals surface area contributed by atoms with Crippen molar-refractivity contribution in [1.29, 1.82) is 0 Å². The molecule has 3 atom stereocenters. The van der Waals surface area contributed by atoms with Gasteiger partial charge in [-0.25, -0.2) is 0 Å². The molecule has 149 heavy (non-hydrogen) atoms. The lowest BCUT2D eigenvalue weighted by Gasteiger charge is -2.37. The maximum absolute atomic E-state index is 11.8. The summed E-state index contributed by atoms with van der Waals surface area (Å²) in [4.78, 5) is 272. The van der Waals surface area contributed by atoms with Crippen LogP contribution in [0.5, 0.6) is 0 Å². The highest BCUT2D eigenvalue weighted by molar-refractivity contribution is 5.76. The number of likely N-dealkylation sites (N-methyl/N-ethyl adjacent to an activating group) is 3. The molecule has 830 valence electrons. The monoisotopic (exact) mass is 2120 g/mol. The molecule has 3 aliphatic rings. The normalized spacial score (nSPS) is 15.6. The molecule has 6 rings (SSSR count). The summed E-state index contributed by atoms with van der Waals surface area (Å²) < 4.78 is 0. The van der Waals surface area contributed by atoms with E-state index in [-0.39, 0.29) is 107 Å². The number of carbonyl (C=O) groups excluding carboxylic acids is 6. The van der Waals surface area contributed by atoms with Crippen LogP contribution in [0.4, 0.5) is 17.1 Å². The summed E-state index contributed by atoms with van der Waals surface area (Å²) in [5.41, 5.74) is 1.65. The van der Waals surface area contributed by atoms with Crippen LogP contribution < -0.4 is 0 Å². The van der Waals surface area contributed by atoms with Gasteiger partial charge in [0, 0.05) is 257 Å². The molecule has 0 amide bonds. The Morgan fingerprint density at radius 1 is 0.268 bits per heavy atom. The fraction of sp³-hybridized carbons (Fsp3) is 0.607. The van der Waals surface area contributed by atoms with Crippen molar-refractivity contribution in [2.45, 2.75) is 37.4 Å². The molecule has 0 bridgehead atoms. The number of carbonyl (C=O) groups is 14. The third-order valence-electron chi connectivity index (χ3n) is 23.3. The van der Waals surface area contributed by atoms with Crippen molar-refractivity contribution in [3.05, 3.63) is 120 Å². The Bertz CT molecular complexity index is 4660. The molecule has 0 spiro atoms. The summed E-state index contributed by atoms with van der Waals surface area (Å²) in [7, 11) is 5.39. The zero-order valence-electron chi connectivity index (χ0n) is 82.9. The van der Waals surface area contributed by atoms with Gasteiger partial charge >= 0.3 is 102 Å². The molecule has 14 N–H and O–H groups in total. The lowest BCUT2D eigenvalue weighted by Crippen LogP contribution is -2.52. The van der Waals surface area contributed by atoms with Crippen LogP contribution in [0.2, 0.25) is 0 Å². The molecular weight excluding hydrogens is 1990 g/mol. The molecule has 60 nitrogen and oxygen atoms in total. The number of nitro benzene ring substituents is 3. The lowest BCUT2D eigenvalue weighted by atomic mass is 10.0. The van der Waals surface area contributed by atoms with Gasteiger partial charge < -0.3 is 76.4 Å². The number of aliphatic carboxylic acids is 14. The molecule has 3 fully saturated rings. The summed E-state index contributed by atoms with van der Waals surface area (Å²) in [6.07, 6.45) is 1.40. The second-order valence-electron chi connectivity index (χ2n) is 34.8. The molecule has 0 radical (unpaired) electrons. The Kier molecular flexibility index (Phi) is 66.7. The van der Waals surface area contributed by atoms with Gasteiger partial charge in [0.1, 0.15) is 0 Å². The number of carboxylic acid groups (broad SMARTS) is 14. The van der Waals surface area contributed by atoms with Gasteiger partial charge in [0.25, 0.3) is 17.1 Å². The van der Waals surface area contributed by atoms with E-state index in [1.54, 1.807) is 58.0 Å². The minimum atomic E-state index is -1.24. The second kappa shape index (κ2) is 74.7. The van der Waals surface area contributed by atoms with Crippen LogP contribution in [0.1, 0.15) is 16.7 Å². The standard InChI is InChI=1S/C30H47N7O12.C29H47N7O10.C27H40N6O12.3CO2/c1-31-6-8-32(11-15-35(19-27(40)41)20-28(42)43)10-12-34(18-26(38)39)14-13-33(9-7-31)17-25(36(21-29(44)45)22-30(46)47)16-23-2-4-24(5-3-23)37(48)49;1-30(19-26(37)38)7-9-32-11-12-33(10-8-31(2)20-27(39)40)14-16-34(15-13-32)18-25(35(21-28(41)42)22-29(43)44)17-23-3-5-24(6-4-23)36(45)46;34-23(35)15-30-9-6-28(7-12-31(16-24(36)37)17-25(38)39)5-8-29(10-11-30)14-22(32(18-26(40)41)19-27(42)43)13-20-1-3-21(4-2-20)33(44)45;3*2-1-3/h2-5,25H,6-22H2,1H3,(H,38,39)(H,40,41)(H,42,43)(H,44,45)(H,46,47);3-6,25H,7-22H2,1-2H3,(H,37,38)(H,39,40)(H,41,42)(H,43,44);1-4,22H,5-19H2,(H,34,35)(H,36,37)(H,38,39)(H,40,41)(H,42,43);;;. The van der Waals surface area contributed by atoms with Crippen LogP contribution in [-0.4, -0.2) is 605 Å². The summed E-state index contributed by atoms with van der Waals surface area (Å²) in [5.74, 6) is -15.8. The predicted octanol–water partition coefficient (Wildman–Crippen LogP) is -5.98. The predicted molar refractivity (Wildman–Crippen MR) is 512 cm³/mol. The fourth-order valence-electron chi connectivity index (χ4n) is 16.0. The first-order chi connectivity index (χ1) is 70.3. The zero-order valence-corrected chi connectivity index (χ0v) is 82.9. The molecule has 3 aromatic rings. The van der Waals surface area contributed by atoms with Crippen molar-refractivity contribution in [3.8, 4) is 0 Å². The summed E-state index contributed by atoms with van der Waals surface area (Å²) in [6, 6.07) is 15.6. The van der Waals surface area contributed by atoms with Gasteiger partial charge in [-0.3, -0.25) is 176 Å². The van der Waals surface area contributed by atoms with E-state index in [2.05, 4.69) is 19.6 Å². The lowest BCUT2D eigenvalue weighted by molar-refractivity contribution is -0.385. The van der Waals surface area contributed by atoms with Gasteiger partial charge in [-0.1, -0.05) is 36.4 Å². The number of nitrogens with zero attached hydrogens (tertiary/aromatic N) is 20. The average molecular weight is 2120 g/mol. The average Bonchev–Trinajstić information content (AvgIpc) is 1.03. The number of benzene rings is 3. The van der Waals surface area contributed by atoms with Gasteiger partial charge in [0.05, 0.1) is 106 Å². The van der Waals surface area contributed by atoms with Crippen LogP contribution in [0, 0.1) is 30.3 Å². The highest BCUT2D eigenvalue weighted by Gasteiger charge is 2.34. The van der Waals surface area contributed by atoms with Crippen LogP contribution in [0.15, 0.2) is 72.8 Å². The highest BCUT2D eigenvalue weighted by Crippen LogP contribution is 2.22. The van der Waals surface area contributed by atoms with Crippen molar-refractivity contribution >= 4 is 119 Å². The number of hydrogen-bond acceptors (Lipinski definition) is 43. The number of rotatable bonds is 58. The van der Waals surface area contributed by atoms with Crippen molar-refractivity contribution in [3.63, 3.8) is 0 Å². The quantitative estimate of drug-likeness (QED) is 0.0185. The second-order valence-corrected chi connectivity index (χ2v) is 34.8. The molecule has 3 aliphatic heterocycles. The first-order valence-electron chi connectivity index (χ1n) is 46.2. The van der Waals surface area contributed by atoms with Crippen LogP contribution in [-0.2, 0) is 115 Å². The number of carboxylic acids is 14. The van der Waals surface area contributed by atoms with Gasteiger partial charge in [-0.15, -0.1) is 0 Å². The molecule has 3 aromatic carbocycles. The zero-order chi connectivity index (χ0) is 112. The van der Waals surface area contributed by atoms with Crippen molar-refractivity contribution in [2.24, 2.45) is 0 Å². The van der Waals surface area contributed by atoms with E-state index in [9.17, 15) is 149 Å². The smallest absolute Gasteiger partial charge is 0.373 e. The third kappa shape index (κ3) is 64.6. The fourth-order valence-corrected chi connectivity index (χ4v) is 16.0. The molecule has 0 aromatic heterocycles. The Hall–Kier alpha value is -14.1. The maximum atomic E-state index is 11.8. The molecule has 0 aliphatic carbocycles. The Morgan fingerprint density at radius 3 is 0.631 bits per heavy atom. The highest BCUT2D eigenvalue weighted by atomic mass is 16.6. The van der Waals surface area contributed by atoms with Gasteiger partial charge in [0.2, 0.25) is 0 Å². The van der Waals surface area contributed by atoms with Crippen LogP contribution in [0.3, 0.4) is 0 Å². The molecule has 60 heteroatoms. The van der Waals surface area contributed by atoms with E-state index in [1.165, 1.54) is 73.0 Å². The summed E-state index contributed by atoms with van der Waals surface area (Å²) in [6.45, 7) is 8.12. The first-order valence-corrected chi connectivity index (χ1v) is 46.2. The van der Waals surface area contributed by atoms with E-state index >= 15 is 0 Å². The number of non-ortho nitro benzene ring substituents is 3. The number of nitro groups is 3. The summed E-state index contributed by atoms with van der Waals surface area (Å²) >= 11 is 0. The number of hydrogen-bond donors (Lipinski definition) is 14. The minimum absolute atomic E-state index is 0.0866. The third-order valence-corrected chi connectivity index (χ3v) is 23.3. The molecule has 3 unspecified atom stereocenters. The Balaban J connectivity index is 0.00000107. The van der Waals surface area contributed by atoms with Crippen LogP contribution >= 0.6 is 0 Å². The Labute approximate surface area is 854 Å². The van der Waals surface area contributed by atoms with E-state index in [0.29, 0.717) is 193 Å². The van der Waals surface area contributed by atoms with E-state index in [4.69, 9.17) is 49.2 Å². The van der Waals surface area contributed by atoms with Crippen molar-refractivity contribution < 1.29 is 182 Å². The van der Waals surface area contributed by atoms with Crippen molar-refractivity contribution in [1.82, 2.24) is 83.3 Å². The Morgan fingerprint density at radius 2 is 0.443 bits per heavy atom. The van der Waals surface area contributed by atoms with Gasteiger partial charge in [0.15, 0.2) is 0 Å². The molecular formula is C89H134N20O40. The first kappa shape index (κ1) is 133. The summed E-state index contributed by atoms with van der Waals surface area (Å²) in [5, 5.41) is 165. The van der Waals surface area contributed by atoms with Gasteiger partial charge in [-0.05, 0) is 57.1 Å². The largest absolute Gasteiger partial charge is 0.480 e. The van der Waals surface area contributed by atoms with Crippen molar-refractivity contribution in [2.75, 3.05) is 316 Å². The van der Waals surface area contributed by atoms with E-state index in [0.717, 1.165) is 0 Å². The topological polar surface area (TPSA) is 809 Å². The van der Waals surface area contributed by atoms with E-state index < -0.39 is 182 Å². The molecule has 0 saturated carbocycles. The minimum Gasteiger partial charge on any atom is -0.480 e. The maximum Gasteiger partial charge on any atom is 0.373 e. The molecule has 3 heterocycles.